The first-order valence-corrected chi connectivity index (χ1v) is 7.83. The summed E-state index contributed by atoms with van der Waals surface area (Å²) in [4.78, 5) is 6.29. The molecule has 108 valence electrons. The first-order chi connectivity index (χ1) is 10.1. The minimum Gasteiger partial charge on any atom is -0.388 e. The predicted octanol–water partition coefficient (Wildman–Crippen LogP) is 1.86. The van der Waals surface area contributed by atoms with Crippen molar-refractivity contribution in [2.24, 2.45) is 4.40 Å². The van der Waals surface area contributed by atoms with E-state index in [-0.39, 0.29) is 4.90 Å². The van der Waals surface area contributed by atoms with Crippen molar-refractivity contribution in [3.05, 3.63) is 48.3 Å². The smallest absolute Gasteiger partial charge is 0.285 e. The lowest BCUT2D eigenvalue weighted by molar-refractivity contribution is 0.597. The number of benzene rings is 1. The van der Waals surface area contributed by atoms with E-state index in [0.717, 1.165) is 11.4 Å². The van der Waals surface area contributed by atoms with Crippen LogP contribution in [0.15, 0.2) is 51.9 Å². The lowest BCUT2D eigenvalue weighted by Crippen LogP contribution is -2.27. The summed E-state index contributed by atoms with van der Waals surface area (Å²) in [7, 11) is -1.75. The van der Waals surface area contributed by atoms with Crippen LogP contribution in [0.1, 0.15) is 5.69 Å². The van der Waals surface area contributed by atoms with Crippen molar-refractivity contribution in [1.29, 1.82) is 0 Å². The van der Waals surface area contributed by atoms with Crippen molar-refractivity contribution in [1.82, 2.24) is 4.98 Å². The average Bonchev–Trinajstić information content (AvgIpc) is 2.51. The minimum atomic E-state index is -3.59. The molecule has 7 heteroatoms. The van der Waals surface area contributed by atoms with Crippen LogP contribution < -0.4 is 10.2 Å². The van der Waals surface area contributed by atoms with Gasteiger partial charge in [-0.05, 0) is 24.3 Å². The van der Waals surface area contributed by atoms with Crippen molar-refractivity contribution < 1.29 is 8.42 Å². The second-order valence-electron chi connectivity index (χ2n) is 4.58. The van der Waals surface area contributed by atoms with E-state index in [1.807, 2.05) is 19.2 Å². The number of rotatable bonds is 3. The predicted molar refractivity (Wildman–Crippen MR) is 82.1 cm³/mol. The Kier molecular flexibility index (Phi) is 3.34. The van der Waals surface area contributed by atoms with Crippen LogP contribution in [-0.4, -0.2) is 26.8 Å². The van der Waals surface area contributed by atoms with Crippen LogP contribution in [0, 0.1) is 0 Å². The standard InChI is InChI=1S/C14H14N4O2S/c1-15-11-6-7-16-12(8-11)9-18-10-17-21(19,20)14-5-3-2-4-13(14)18/h2-8,10H,9H2,1H3,(H,15,16). The molecule has 0 bridgehead atoms. The molecule has 21 heavy (non-hydrogen) atoms. The van der Waals surface area contributed by atoms with Crippen LogP contribution in [0.25, 0.3) is 0 Å². The summed E-state index contributed by atoms with van der Waals surface area (Å²) < 4.78 is 27.5. The third-order valence-corrected chi connectivity index (χ3v) is 4.49. The summed E-state index contributed by atoms with van der Waals surface area (Å²) in [5.41, 5.74) is 2.39. The molecule has 3 rings (SSSR count). The van der Waals surface area contributed by atoms with E-state index >= 15 is 0 Å². The van der Waals surface area contributed by atoms with Crippen LogP contribution in [0.2, 0.25) is 0 Å². The van der Waals surface area contributed by atoms with Gasteiger partial charge >= 0.3 is 0 Å². The first-order valence-electron chi connectivity index (χ1n) is 6.39. The summed E-state index contributed by atoms with van der Waals surface area (Å²) in [6.07, 6.45) is 3.05. The Hall–Kier alpha value is -2.41. The zero-order chi connectivity index (χ0) is 14.9. The largest absolute Gasteiger partial charge is 0.388 e. The van der Waals surface area contributed by atoms with Crippen LogP contribution in [-0.2, 0) is 16.6 Å². The second-order valence-corrected chi connectivity index (χ2v) is 6.18. The Morgan fingerprint density at radius 1 is 1.24 bits per heavy atom. The van der Waals surface area contributed by atoms with Gasteiger partial charge in [0, 0.05) is 18.9 Å². The summed E-state index contributed by atoms with van der Waals surface area (Å²) >= 11 is 0. The first kappa shape index (κ1) is 13.6. The van der Waals surface area contributed by atoms with Crippen LogP contribution in [0.5, 0.6) is 0 Å². The van der Waals surface area contributed by atoms with Crippen molar-refractivity contribution in [3.63, 3.8) is 0 Å². The number of nitrogens with one attached hydrogen (secondary N) is 1. The molecule has 0 aliphatic carbocycles. The fourth-order valence-electron chi connectivity index (χ4n) is 2.17. The van der Waals surface area contributed by atoms with Gasteiger partial charge in [0.05, 0.1) is 17.9 Å². The van der Waals surface area contributed by atoms with Crippen molar-refractivity contribution >= 4 is 27.7 Å². The number of fused-ring (bicyclic) bond motifs is 1. The number of sulfonamides is 1. The zero-order valence-electron chi connectivity index (χ0n) is 11.4. The van der Waals surface area contributed by atoms with Crippen LogP contribution in [0.4, 0.5) is 11.4 Å². The molecule has 6 nitrogen and oxygen atoms in total. The third kappa shape index (κ3) is 2.59. The molecular weight excluding hydrogens is 288 g/mol. The Balaban J connectivity index is 1.97. The van der Waals surface area contributed by atoms with Gasteiger partial charge in [-0.15, -0.1) is 4.40 Å². The fraction of sp³-hybridized carbons (Fsp3) is 0.143. The molecule has 0 unspecified atom stereocenters. The summed E-state index contributed by atoms with van der Waals surface area (Å²) in [6.45, 7) is 0.450. The molecule has 0 amide bonds. The molecule has 0 atom stereocenters. The summed E-state index contributed by atoms with van der Waals surface area (Å²) in [5.74, 6) is 0. The minimum absolute atomic E-state index is 0.220. The lowest BCUT2D eigenvalue weighted by atomic mass is 10.2. The lowest BCUT2D eigenvalue weighted by Gasteiger charge is -2.24. The number of nitrogens with zero attached hydrogens (tertiary/aromatic N) is 3. The normalized spacial score (nSPS) is 15.6. The van der Waals surface area contributed by atoms with Gasteiger partial charge < -0.3 is 10.2 Å². The molecule has 0 radical (unpaired) electrons. The third-order valence-electron chi connectivity index (χ3n) is 3.22. The molecule has 0 saturated heterocycles. The molecule has 0 fully saturated rings. The number of hydrogen-bond acceptors (Lipinski definition) is 5. The molecule has 1 aromatic carbocycles. The van der Waals surface area contributed by atoms with Crippen LogP contribution in [0.3, 0.4) is 0 Å². The van der Waals surface area contributed by atoms with E-state index in [2.05, 4.69) is 14.7 Å². The van der Waals surface area contributed by atoms with E-state index < -0.39 is 10.0 Å². The highest BCUT2D eigenvalue weighted by Gasteiger charge is 2.24. The fourth-order valence-corrected chi connectivity index (χ4v) is 3.22. The molecule has 0 saturated carbocycles. The molecule has 1 aliphatic rings. The highest BCUT2D eigenvalue weighted by molar-refractivity contribution is 7.90. The Bertz CT molecular complexity index is 802. The quantitative estimate of drug-likeness (QED) is 0.936. The van der Waals surface area contributed by atoms with E-state index in [9.17, 15) is 8.42 Å². The second kappa shape index (κ2) is 5.17. The van der Waals surface area contributed by atoms with Crippen molar-refractivity contribution in [2.75, 3.05) is 17.3 Å². The molecule has 2 heterocycles. The van der Waals surface area contributed by atoms with E-state index in [0.29, 0.717) is 12.2 Å². The van der Waals surface area contributed by atoms with Gasteiger partial charge in [-0.3, -0.25) is 4.98 Å². The van der Waals surface area contributed by atoms with Crippen molar-refractivity contribution in [2.45, 2.75) is 11.4 Å². The van der Waals surface area contributed by atoms with E-state index in [4.69, 9.17) is 0 Å². The SMILES string of the molecule is CNc1ccnc(CN2C=NS(=O)(=O)c3ccccc32)c1. The van der Waals surface area contributed by atoms with Crippen LogP contribution >= 0.6 is 0 Å². The molecular formula is C14H14N4O2S. The average molecular weight is 302 g/mol. The zero-order valence-corrected chi connectivity index (χ0v) is 12.2. The summed E-state index contributed by atoms with van der Waals surface area (Å²) in [6, 6.07) is 10.6. The van der Waals surface area contributed by atoms with E-state index in [1.165, 1.54) is 6.34 Å². The topological polar surface area (TPSA) is 74.7 Å². The highest BCUT2D eigenvalue weighted by Crippen LogP contribution is 2.30. The van der Waals surface area contributed by atoms with Crippen molar-refractivity contribution in [3.8, 4) is 0 Å². The Morgan fingerprint density at radius 3 is 2.86 bits per heavy atom. The van der Waals surface area contributed by atoms with Gasteiger partial charge in [0.1, 0.15) is 11.2 Å². The molecule has 1 aromatic heterocycles. The Labute approximate surface area is 123 Å². The maximum Gasteiger partial charge on any atom is 0.285 e. The molecule has 2 aromatic rings. The van der Waals surface area contributed by atoms with Gasteiger partial charge in [-0.25, -0.2) is 0 Å². The van der Waals surface area contributed by atoms with Gasteiger partial charge in [-0.2, -0.15) is 8.42 Å². The van der Waals surface area contributed by atoms with Gasteiger partial charge in [0.2, 0.25) is 0 Å². The van der Waals surface area contributed by atoms with Gasteiger partial charge in [0.25, 0.3) is 10.0 Å². The number of para-hydroxylation sites is 1. The number of anilines is 2. The molecule has 1 N–H and O–H groups in total. The molecule has 0 spiro atoms. The summed E-state index contributed by atoms with van der Waals surface area (Å²) in [5, 5.41) is 3.05. The monoisotopic (exact) mass is 302 g/mol. The highest BCUT2D eigenvalue weighted by atomic mass is 32.2. The number of pyridine rings is 1. The van der Waals surface area contributed by atoms with E-state index in [1.54, 1.807) is 35.4 Å². The number of hydrogen-bond donors (Lipinski definition) is 1. The number of aromatic nitrogens is 1. The maximum absolute atomic E-state index is 11.9. The van der Waals surface area contributed by atoms with Gasteiger partial charge in [-0.1, -0.05) is 12.1 Å². The van der Waals surface area contributed by atoms with Gasteiger partial charge in [0.15, 0.2) is 0 Å². The Morgan fingerprint density at radius 2 is 2.05 bits per heavy atom. The maximum atomic E-state index is 11.9. The molecule has 1 aliphatic heterocycles.